The highest BCUT2D eigenvalue weighted by atomic mass is 16.2. The Bertz CT molecular complexity index is 1290. The smallest absolute Gasteiger partial charge is 0.319 e. The van der Waals surface area contributed by atoms with Crippen molar-refractivity contribution < 1.29 is 4.79 Å². The average molecular weight is 419 g/mol. The molecule has 31 heavy (non-hydrogen) atoms. The number of aryl methyl sites for hydroxylation is 1. The number of hydrogen-bond acceptors (Lipinski definition) is 4. The molecule has 1 aromatic carbocycles. The molecule has 3 aromatic heterocycles. The van der Waals surface area contributed by atoms with Gasteiger partial charge in [-0.15, -0.1) is 0 Å². The number of carbonyl (C=O) groups is 1. The van der Waals surface area contributed by atoms with E-state index in [4.69, 9.17) is 0 Å². The molecular formula is C23H26N6O2. The van der Waals surface area contributed by atoms with Crippen LogP contribution >= 0.6 is 0 Å². The van der Waals surface area contributed by atoms with E-state index in [1.165, 1.54) is 0 Å². The van der Waals surface area contributed by atoms with Gasteiger partial charge >= 0.3 is 6.03 Å². The van der Waals surface area contributed by atoms with Crippen molar-refractivity contribution in [1.29, 1.82) is 0 Å². The van der Waals surface area contributed by atoms with Crippen molar-refractivity contribution in [2.45, 2.75) is 39.7 Å². The highest BCUT2D eigenvalue weighted by Crippen LogP contribution is 2.27. The molecule has 3 heterocycles. The molecule has 0 aliphatic heterocycles. The van der Waals surface area contributed by atoms with Crippen molar-refractivity contribution in [3.8, 4) is 11.3 Å². The molecule has 0 unspecified atom stereocenters. The van der Waals surface area contributed by atoms with Crippen LogP contribution in [0.4, 0.5) is 10.5 Å². The highest BCUT2D eigenvalue weighted by molar-refractivity contribution is 5.95. The maximum absolute atomic E-state index is 12.9. The summed E-state index contributed by atoms with van der Waals surface area (Å²) in [5, 5.41) is 6.52. The van der Waals surface area contributed by atoms with Gasteiger partial charge in [-0.05, 0) is 43.7 Å². The van der Waals surface area contributed by atoms with Gasteiger partial charge in [-0.3, -0.25) is 4.79 Å². The highest BCUT2D eigenvalue weighted by Gasteiger charge is 2.15. The number of hydrogen-bond donors (Lipinski definition) is 3. The number of anilines is 1. The van der Waals surface area contributed by atoms with Crippen molar-refractivity contribution >= 4 is 33.8 Å². The summed E-state index contributed by atoms with van der Waals surface area (Å²) in [4.78, 5) is 36.9. The number of aromatic nitrogens is 4. The van der Waals surface area contributed by atoms with Crippen LogP contribution < -0.4 is 16.2 Å². The molecule has 0 aliphatic rings. The largest absolute Gasteiger partial charge is 0.338 e. The number of rotatable bonds is 7. The maximum Gasteiger partial charge on any atom is 0.319 e. The van der Waals surface area contributed by atoms with Crippen molar-refractivity contribution in [1.82, 2.24) is 24.8 Å². The summed E-state index contributed by atoms with van der Waals surface area (Å²) in [5.74, 6) is 0. The van der Waals surface area contributed by atoms with Crippen LogP contribution in [-0.2, 0) is 6.54 Å². The number of urea groups is 1. The summed E-state index contributed by atoms with van der Waals surface area (Å²) < 4.78 is 2.00. The van der Waals surface area contributed by atoms with E-state index in [1.54, 1.807) is 24.4 Å². The minimum atomic E-state index is -0.285. The fraction of sp³-hybridized carbons (Fsp3) is 0.304. The van der Waals surface area contributed by atoms with E-state index >= 15 is 0 Å². The van der Waals surface area contributed by atoms with Crippen LogP contribution in [0.2, 0.25) is 0 Å². The van der Waals surface area contributed by atoms with Crippen LogP contribution in [0.5, 0.6) is 0 Å². The quantitative estimate of drug-likeness (QED) is 0.390. The van der Waals surface area contributed by atoms with Crippen LogP contribution in [0.15, 0.2) is 47.5 Å². The molecular weight excluding hydrogens is 392 g/mol. The van der Waals surface area contributed by atoms with Gasteiger partial charge in [0, 0.05) is 42.1 Å². The summed E-state index contributed by atoms with van der Waals surface area (Å²) in [5.41, 5.74) is 3.45. The first-order valence-electron chi connectivity index (χ1n) is 10.6. The second-order valence-electron chi connectivity index (χ2n) is 7.44. The summed E-state index contributed by atoms with van der Waals surface area (Å²) in [6, 6.07) is 8.82. The lowest BCUT2D eigenvalue weighted by molar-refractivity contribution is 0.252. The summed E-state index contributed by atoms with van der Waals surface area (Å²) in [6.45, 7) is 5.53. The van der Waals surface area contributed by atoms with Crippen molar-refractivity contribution in [3.63, 3.8) is 0 Å². The first-order chi connectivity index (χ1) is 15.1. The average Bonchev–Trinajstić information content (AvgIpc) is 3.15. The minimum Gasteiger partial charge on any atom is -0.338 e. The van der Waals surface area contributed by atoms with Gasteiger partial charge in [0.05, 0.1) is 11.0 Å². The lowest BCUT2D eigenvalue weighted by Crippen LogP contribution is -2.29. The van der Waals surface area contributed by atoms with Crippen LogP contribution in [0.25, 0.3) is 33.3 Å². The monoisotopic (exact) mass is 418 g/mol. The van der Waals surface area contributed by atoms with Crippen LogP contribution in [0.1, 0.15) is 33.1 Å². The predicted molar refractivity (Wildman–Crippen MR) is 123 cm³/mol. The van der Waals surface area contributed by atoms with E-state index in [1.807, 2.05) is 29.8 Å². The molecule has 0 atom stereocenters. The predicted octanol–water partition coefficient (Wildman–Crippen LogP) is 4.27. The zero-order valence-corrected chi connectivity index (χ0v) is 17.7. The van der Waals surface area contributed by atoms with E-state index < -0.39 is 0 Å². The molecule has 3 N–H and O–H groups in total. The number of nitrogens with one attached hydrogen (secondary N) is 3. The summed E-state index contributed by atoms with van der Waals surface area (Å²) in [6.07, 6.45) is 6.79. The van der Waals surface area contributed by atoms with Crippen LogP contribution in [-0.4, -0.2) is 32.1 Å². The molecule has 160 valence electrons. The topological polar surface area (TPSA) is 105 Å². The van der Waals surface area contributed by atoms with Crippen molar-refractivity contribution in [3.05, 3.63) is 53.1 Å². The summed E-state index contributed by atoms with van der Waals surface area (Å²) in [7, 11) is 0. The van der Waals surface area contributed by atoms with E-state index in [0.717, 1.165) is 42.4 Å². The van der Waals surface area contributed by atoms with Gasteiger partial charge in [0.1, 0.15) is 11.3 Å². The van der Waals surface area contributed by atoms with E-state index in [2.05, 4.69) is 32.5 Å². The van der Waals surface area contributed by atoms with Gasteiger partial charge in [-0.1, -0.05) is 19.8 Å². The van der Waals surface area contributed by atoms with Gasteiger partial charge in [-0.2, -0.15) is 0 Å². The molecule has 2 amide bonds. The molecule has 0 spiro atoms. The van der Waals surface area contributed by atoms with Crippen LogP contribution in [0.3, 0.4) is 0 Å². The van der Waals surface area contributed by atoms with E-state index in [9.17, 15) is 9.59 Å². The molecule has 0 saturated carbocycles. The number of H-pyrrole nitrogens is 1. The second-order valence-corrected chi connectivity index (χ2v) is 7.44. The zero-order valence-electron chi connectivity index (χ0n) is 17.7. The Hall–Kier alpha value is -3.68. The van der Waals surface area contributed by atoms with Crippen molar-refractivity contribution in [2.24, 2.45) is 0 Å². The third kappa shape index (κ3) is 4.28. The van der Waals surface area contributed by atoms with Gasteiger partial charge in [0.2, 0.25) is 0 Å². The fourth-order valence-electron chi connectivity index (χ4n) is 3.65. The molecule has 0 aliphatic carbocycles. The molecule has 8 heteroatoms. The number of carbonyl (C=O) groups excluding carboxylic acids is 1. The van der Waals surface area contributed by atoms with E-state index in [0.29, 0.717) is 29.0 Å². The van der Waals surface area contributed by atoms with Gasteiger partial charge < -0.3 is 20.2 Å². The number of benzene rings is 1. The number of amides is 2. The lowest BCUT2D eigenvalue weighted by Gasteiger charge is -2.08. The van der Waals surface area contributed by atoms with Crippen molar-refractivity contribution in [2.75, 3.05) is 11.9 Å². The lowest BCUT2D eigenvalue weighted by atomic mass is 10.1. The SMILES string of the molecule is CCCCCNC(=O)Nc1ccc2nc(-c3cn(CC)c4ncccc34)c(=O)[nH]c2c1. The Kier molecular flexibility index (Phi) is 5.97. The summed E-state index contributed by atoms with van der Waals surface area (Å²) >= 11 is 0. The first-order valence-corrected chi connectivity index (χ1v) is 10.6. The molecule has 8 nitrogen and oxygen atoms in total. The zero-order chi connectivity index (χ0) is 21.8. The molecule has 4 rings (SSSR count). The standard InChI is InChI=1S/C23H26N6O2/c1-3-5-6-11-25-23(31)26-15-9-10-18-19(13-15)28-22(30)20(27-18)17-14-29(4-2)21-16(17)8-7-12-24-21/h7-10,12-14H,3-6,11H2,1-2H3,(H,28,30)(H2,25,26,31). The maximum atomic E-state index is 12.9. The van der Waals surface area contributed by atoms with Gasteiger partial charge in [-0.25, -0.2) is 14.8 Å². The van der Waals surface area contributed by atoms with Crippen LogP contribution in [0, 0.1) is 0 Å². The molecule has 0 radical (unpaired) electrons. The molecule has 0 bridgehead atoms. The Morgan fingerprint density at radius 1 is 1.19 bits per heavy atom. The molecule has 0 fully saturated rings. The number of nitrogens with zero attached hydrogens (tertiary/aromatic N) is 3. The number of unbranched alkanes of at least 4 members (excludes halogenated alkanes) is 2. The molecule has 4 aromatic rings. The Morgan fingerprint density at radius 2 is 2.06 bits per heavy atom. The number of fused-ring (bicyclic) bond motifs is 2. The number of aromatic amines is 1. The first kappa shape index (κ1) is 20.6. The Morgan fingerprint density at radius 3 is 2.87 bits per heavy atom. The Balaban J connectivity index is 1.63. The number of pyridine rings is 1. The third-order valence-corrected chi connectivity index (χ3v) is 5.25. The Labute approximate surface area is 179 Å². The van der Waals surface area contributed by atoms with Gasteiger partial charge in [0.15, 0.2) is 0 Å². The van der Waals surface area contributed by atoms with E-state index in [-0.39, 0.29) is 11.6 Å². The third-order valence-electron chi connectivity index (χ3n) is 5.25. The normalized spacial score (nSPS) is 11.2. The minimum absolute atomic E-state index is 0.262. The second kappa shape index (κ2) is 8.99. The van der Waals surface area contributed by atoms with Gasteiger partial charge in [0.25, 0.3) is 5.56 Å². The fourth-order valence-corrected chi connectivity index (χ4v) is 3.65. The molecule has 0 saturated heterocycles.